The summed E-state index contributed by atoms with van der Waals surface area (Å²) in [5, 5.41) is 0. The number of halogens is 3. The van der Waals surface area contributed by atoms with Crippen molar-refractivity contribution in [3.8, 4) is 0 Å². The van der Waals surface area contributed by atoms with E-state index in [2.05, 4.69) is 4.98 Å². The highest BCUT2D eigenvalue weighted by Gasteiger charge is 2.43. The first-order valence-electron chi connectivity index (χ1n) is 5.96. The number of carbonyl (C=O) groups is 1. The number of nitrogens with zero attached hydrogens (tertiary/aromatic N) is 2. The van der Waals surface area contributed by atoms with Crippen molar-refractivity contribution in [3.63, 3.8) is 0 Å². The second-order valence-corrected chi connectivity index (χ2v) is 4.57. The first-order valence-corrected chi connectivity index (χ1v) is 5.96. The van der Waals surface area contributed by atoms with Gasteiger partial charge in [0.1, 0.15) is 0 Å². The Morgan fingerprint density at radius 2 is 2.21 bits per heavy atom. The van der Waals surface area contributed by atoms with Crippen LogP contribution in [0.25, 0.3) is 0 Å². The van der Waals surface area contributed by atoms with Crippen molar-refractivity contribution in [2.75, 3.05) is 18.8 Å². The van der Waals surface area contributed by atoms with E-state index in [-0.39, 0.29) is 24.3 Å². The fourth-order valence-electron chi connectivity index (χ4n) is 2.17. The molecular weight excluding hydrogens is 259 g/mol. The maximum absolute atomic E-state index is 12.7. The number of nitrogen functional groups attached to an aromatic ring is 1. The second-order valence-electron chi connectivity index (χ2n) is 4.57. The first kappa shape index (κ1) is 13.6. The highest BCUT2D eigenvalue weighted by molar-refractivity contribution is 5.97. The molecule has 104 valence electrons. The standard InChI is InChI=1S/C12H14F3N3O/c13-12(14,15)8-3-2-6-18(7-8)11(19)10-9(16)4-1-5-17-10/h1,4-5,8H,2-3,6-7,16H2. The van der Waals surface area contributed by atoms with Crippen LogP contribution in [0.4, 0.5) is 18.9 Å². The van der Waals surface area contributed by atoms with Gasteiger partial charge in [-0.3, -0.25) is 4.79 Å². The van der Waals surface area contributed by atoms with Gasteiger partial charge in [-0.1, -0.05) is 0 Å². The van der Waals surface area contributed by atoms with Crippen LogP contribution in [-0.4, -0.2) is 35.1 Å². The maximum atomic E-state index is 12.7. The number of hydrogen-bond donors (Lipinski definition) is 1. The van der Waals surface area contributed by atoms with E-state index in [0.717, 1.165) is 0 Å². The minimum Gasteiger partial charge on any atom is -0.397 e. The van der Waals surface area contributed by atoms with Gasteiger partial charge in [0, 0.05) is 19.3 Å². The summed E-state index contributed by atoms with van der Waals surface area (Å²) in [6, 6.07) is 3.08. The summed E-state index contributed by atoms with van der Waals surface area (Å²) in [7, 11) is 0. The van der Waals surface area contributed by atoms with Crippen LogP contribution in [0.3, 0.4) is 0 Å². The topological polar surface area (TPSA) is 59.2 Å². The number of alkyl halides is 3. The molecular formula is C12H14F3N3O. The van der Waals surface area contributed by atoms with E-state index in [4.69, 9.17) is 5.73 Å². The van der Waals surface area contributed by atoms with Crippen LogP contribution >= 0.6 is 0 Å². The minimum absolute atomic E-state index is 0.0188. The summed E-state index contributed by atoms with van der Waals surface area (Å²) < 4.78 is 38.0. The van der Waals surface area contributed by atoms with Gasteiger partial charge in [0.05, 0.1) is 11.6 Å². The average molecular weight is 273 g/mol. The third-order valence-corrected chi connectivity index (χ3v) is 3.21. The van der Waals surface area contributed by atoms with E-state index < -0.39 is 18.0 Å². The molecule has 0 aromatic carbocycles. The highest BCUT2D eigenvalue weighted by Crippen LogP contribution is 2.33. The van der Waals surface area contributed by atoms with Gasteiger partial charge in [0.25, 0.3) is 5.91 Å². The lowest BCUT2D eigenvalue weighted by atomic mass is 9.97. The summed E-state index contributed by atoms with van der Waals surface area (Å²) in [5.74, 6) is -2.00. The lowest BCUT2D eigenvalue weighted by Crippen LogP contribution is -2.45. The third-order valence-electron chi connectivity index (χ3n) is 3.21. The molecule has 1 aromatic rings. The molecule has 1 saturated heterocycles. The van der Waals surface area contributed by atoms with Crippen molar-refractivity contribution in [2.45, 2.75) is 19.0 Å². The quantitative estimate of drug-likeness (QED) is 0.852. The van der Waals surface area contributed by atoms with Gasteiger partial charge in [-0.05, 0) is 25.0 Å². The molecule has 1 amide bonds. The number of amides is 1. The molecule has 0 radical (unpaired) electrons. The molecule has 0 saturated carbocycles. The Bertz CT molecular complexity index is 476. The Morgan fingerprint density at radius 1 is 1.47 bits per heavy atom. The van der Waals surface area contributed by atoms with E-state index in [9.17, 15) is 18.0 Å². The lowest BCUT2D eigenvalue weighted by Gasteiger charge is -2.33. The van der Waals surface area contributed by atoms with Crippen molar-refractivity contribution in [2.24, 2.45) is 5.92 Å². The highest BCUT2D eigenvalue weighted by atomic mass is 19.4. The molecule has 1 aromatic heterocycles. The minimum atomic E-state index is -4.27. The van der Waals surface area contributed by atoms with E-state index in [1.54, 1.807) is 6.07 Å². The SMILES string of the molecule is Nc1cccnc1C(=O)N1CCCC(C(F)(F)F)C1. The number of pyridine rings is 1. The predicted molar refractivity (Wildman–Crippen MR) is 63.3 cm³/mol. The van der Waals surface area contributed by atoms with Crippen LogP contribution in [0.5, 0.6) is 0 Å². The van der Waals surface area contributed by atoms with Gasteiger partial charge in [0.15, 0.2) is 5.69 Å². The normalized spacial score (nSPS) is 20.4. The number of rotatable bonds is 1. The smallest absolute Gasteiger partial charge is 0.393 e. The number of aromatic nitrogens is 1. The summed E-state index contributed by atoms with van der Waals surface area (Å²) in [5.41, 5.74) is 5.82. The molecule has 2 N–H and O–H groups in total. The van der Waals surface area contributed by atoms with E-state index >= 15 is 0 Å². The Kier molecular flexibility index (Phi) is 3.64. The van der Waals surface area contributed by atoms with Crippen molar-refractivity contribution in [3.05, 3.63) is 24.0 Å². The summed E-state index contributed by atoms with van der Waals surface area (Å²) in [6.07, 6.45) is -2.48. The van der Waals surface area contributed by atoms with Crippen LogP contribution in [0.2, 0.25) is 0 Å². The van der Waals surface area contributed by atoms with Crippen molar-refractivity contribution < 1.29 is 18.0 Å². The molecule has 4 nitrogen and oxygen atoms in total. The number of piperidine rings is 1. The van der Waals surface area contributed by atoms with Gasteiger partial charge in [0.2, 0.25) is 0 Å². The number of anilines is 1. The number of hydrogen-bond acceptors (Lipinski definition) is 3. The van der Waals surface area contributed by atoms with Crippen LogP contribution in [-0.2, 0) is 0 Å². The summed E-state index contributed by atoms with van der Waals surface area (Å²) in [6.45, 7) is -0.0141. The van der Waals surface area contributed by atoms with Crippen LogP contribution in [0.15, 0.2) is 18.3 Å². The molecule has 2 heterocycles. The van der Waals surface area contributed by atoms with Crippen LogP contribution < -0.4 is 5.73 Å². The van der Waals surface area contributed by atoms with Crippen molar-refractivity contribution in [1.82, 2.24) is 9.88 Å². The zero-order valence-corrected chi connectivity index (χ0v) is 10.2. The zero-order chi connectivity index (χ0) is 14.0. The molecule has 2 rings (SSSR count). The maximum Gasteiger partial charge on any atom is 0.393 e. The predicted octanol–water partition coefficient (Wildman–Crippen LogP) is 2.08. The lowest BCUT2D eigenvalue weighted by molar-refractivity contribution is -0.184. The Balaban J connectivity index is 2.14. The molecule has 19 heavy (non-hydrogen) atoms. The number of likely N-dealkylation sites (tertiary alicyclic amines) is 1. The molecule has 1 aliphatic rings. The monoisotopic (exact) mass is 273 g/mol. The second kappa shape index (κ2) is 5.07. The molecule has 0 aliphatic carbocycles. The van der Waals surface area contributed by atoms with Gasteiger partial charge in [-0.2, -0.15) is 13.2 Å². The Hall–Kier alpha value is -1.79. The Labute approximate surface area is 108 Å². The zero-order valence-electron chi connectivity index (χ0n) is 10.2. The Morgan fingerprint density at radius 3 is 2.84 bits per heavy atom. The number of carbonyl (C=O) groups excluding carboxylic acids is 1. The van der Waals surface area contributed by atoms with Crippen LogP contribution in [0.1, 0.15) is 23.3 Å². The van der Waals surface area contributed by atoms with E-state index in [1.165, 1.54) is 17.2 Å². The largest absolute Gasteiger partial charge is 0.397 e. The van der Waals surface area contributed by atoms with Crippen molar-refractivity contribution in [1.29, 1.82) is 0 Å². The summed E-state index contributed by atoms with van der Waals surface area (Å²) >= 11 is 0. The molecule has 7 heteroatoms. The molecule has 1 atom stereocenters. The van der Waals surface area contributed by atoms with Gasteiger partial charge in [-0.15, -0.1) is 0 Å². The van der Waals surface area contributed by atoms with E-state index in [0.29, 0.717) is 13.0 Å². The molecule has 0 bridgehead atoms. The van der Waals surface area contributed by atoms with Gasteiger partial charge < -0.3 is 10.6 Å². The van der Waals surface area contributed by atoms with Gasteiger partial charge in [-0.25, -0.2) is 4.98 Å². The number of nitrogens with two attached hydrogens (primary N) is 1. The molecule has 1 fully saturated rings. The third kappa shape index (κ3) is 2.97. The first-order chi connectivity index (χ1) is 8.89. The molecule has 0 spiro atoms. The van der Waals surface area contributed by atoms with Crippen LogP contribution in [0, 0.1) is 5.92 Å². The fourth-order valence-corrected chi connectivity index (χ4v) is 2.17. The fraction of sp³-hybridized carbons (Fsp3) is 0.500. The molecule has 1 aliphatic heterocycles. The van der Waals surface area contributed by atoms with Gasteiger partial charge >= 0.3 is 6.18 Å². The average Bonchev–Trinajstić information content (AvgIpc) is 2.38. The van der Waals surface area contributed by atoms with E-state index in [1.807, 2.05) is 0 Å². The summed E-state index contributed by atoms with van der Waals surface area (Å²) in [4.78, 5) is 17.1. The van der Waals surface area contributed by atoms with Crippen molar-refractivity contribution >= 4 is 11.6 Å². The molecule has 1 unspecified atom stereocenters.